The fourth-order valence-electron chi connectivity index (χ4n) is 1.67. The summed E-state index contributed by atoms with van der Waals surface area (Å²) in [6.07, 6.45) is 0.288. The minimum absolute atomic E-state index is 0.0935. The second-order valence-electron chi connectivity index (χ2n) is 6.29. The molecule has 0 aliphatic rings. The molecule has 0 aliphatic heterocycles. The third kappa shape index (κ3) is 4.69. The van der Waals surface area contributed by atoms with Crippen LogP contribution in [0.15, 0.2) is 18.2 Å². The summed E-state index contributed by atoms with van der Waals surface area (Å²) in [6, 6.07) is 5.28. The van der Waals surface area contributed by atoms with E-state index in [1.165, 1.54) is 0 Å². The Labute approximate surface area is 126 Å². The highest BCUT2D eigenvalue weighted by molar-refractivity contribution is 6.33. The molecule has 0 fully saturated rings. The second-order valence-corrected chi connectivity index (χ2v) is 6.69. The van der Waals surface area contributed by atoms with Crippen molar-refractivity contribution in [2.45, 2.75) is 33.2 Å². The number of benzene rings is 1. The Kier molecular flexibility index (Phi) is 5.42. The summed E-state index contributed by atoms with van der Waals surface area (Å²) in [6.45, 7) is 6.06. The second kappa shape index (κ2) is 6.46. The van der Waals surface area contributed by atoms with Gasteiger partial charge in [0.05, 0.1) is 10.7 Å². The maximum atomic E-state index is 12.0. The molecule has 0 aromatic heterocycles. The third-order valence-electron chi connectivity index (χ3n) is 3.23. The highest BCUT2D eigenvalue weighted by Crippen LogP contribution is 2.27. The van der Waals surface area contributed by atoms with E-state index in [9.17, 15) is 4.79 Å². The van der Waals surface area contributed by atoms with E-state index in [-0.39, 0.29) is 23.8 Å². The van der Waals surface area contributed by atoms with Crippen LogP contribution in [-0.4, -0.2) is 26.0 Å². The molecule has 112 valence electrons. The lowest BCUT2D eigenvalue weighted by Gasteiger charge is -2.26. The maximum absolute atomic E-state index is 12.0. The molecule has 4 nitrogen and oxygen atoms in total. The Morgan fingerprint density at radius 3 is 2.45 bits per heavy atom. The average Bonchev–Trinajstić information content (AvgIpc) is 2.26. The Balaban J connectivity index is 2.70. The quantitative estimate of drug-likeness (QED) is 0.898. The molecule has 3 N–H and O–H groups in total. The molecule has 0 saturated heterocycles. The lowest BCUT2D eigenvalue weighted by molar-refractivity contribution is -0.117. The van der Waals surface area contributed by atoms with E-state index in [2.05, 4.69) is 5.32 Å². The zero-order valence-corrected chi connectivity index (χ0v) is 13.6. The normalized spacial score (nSPS) is 12.9. The zero-order valence-electron chi connectivity index (χ0n) is 12.8. The van der Waals surface area contributed by atoms with Gasteiger partial charge in [0.25, 0.3) is 0 Å². The molecule has 0 heterocycles. The number of rotatable bonds is 4. The zero-order chi connectivity index (χ0) is 15.5. The molecule has 0 radical (unpaired) electrons. The number of anilines is 2. The summed E-state index contributed by atoms with van der Waals surface area (Å²) < 4.78 is 0. The molecule has 1 rings (SSSR count). The fourth-order valence-corrected chi connectivity index (χ4v) is 2.01. The van der Waals surface area contributed by atoms with E-state index in [1.807, 2.05) is 51.9 Å². The molecular weight excluding hydrogens is 274 g/mol. The number of nitrogens with one attached hydrogen (secondary N) is 1. The van der Waals surface area contributed by atoms with Crippen LogP contribution in [0.2, 0.25) is 5.02 Å². The maximum Gasteiger partial charge on any atom is 0.225 e. The Morgan fingerprint density at radius 1 is 1.40 bits per heavy atom. The van der Waals surface area contributed by atoms with Gasteiger partial charge in [-0.25, -0.2) is 0 Å². The summed E-state index contributed by atoms with van der Waals surface area (Å²) in [5.74, 6) is -0.0962. The summed E-state index contributed by atoms with van der Waals surface area (Å²) in [5, 5.41) is 3.43. The molecule has 1 unspecified atom stereocenters. The van der Waals surface area contributed by atoms with Gasteiger partial charge in [0.2, 0.25) is 5.91 Å². The molecule has 0 saturated carbocycles. The largest absolute Gasteiger partial charge is 0.376 e. The van der Waals surface area contributed by atoms with Gasteiger partial charge in [-0.15, -0.1) is 0 Å². The predicted octanol–water partition coefficient (Wildman–Crippen LogP) is 3.11. The van der Waals surface area contributed by atoms with Crippen LogP contribution < -0.4 is 16.0 Å². The molecule has 0 aliphatic carbocycles. The van der Waals surface area contributed by atoms with Crippen molar-refractivity contribution >= 4 is 28.9 Å². The number of halogens is 1. The Morgan fingerprint density at radius 2 is 2.00 bits per heavy atom. The van der Waals surface area contributed by atoms with Crippen LogP contribution in [0.1, 0.15) is 27.2 Å². The average molecular weight is 298 g/mol. The molecule has 1 aromatic carbocycles. The van der Waals surface area contributed by atoms with Crippen LogP contribution in [0.4, 0.5) is 11.4 Å². The lowest BCUT2D eigenvalue weighted by atomic mass is 9.85. The minimum Gasteiger partial charge on any atom is -0.376 e. The van der Waals surface area contributed by atoms with Crippen molar-refractivity contribution in [3.63, 3.8) is 0 Å². The number of nitrogens with zero attached hydrogens (tertiary/aromatic N) is 1. The Hall–Kier alpha value is -1.26. The van der Waals surface area contributed by atoms with Crippen LogP contribution in [0.25, 0.3) is 0 Å². The standard InChI is InChI=1S/C15H24ClN3O/c1-15(2,3)13(17)9-14(20)18-10-6-7-12(19(4)5)11(16)8-10/h6-8,13H,9,17H2,1-5H3,(H,18,20). The van der Waals surface area contributed by atoms with Crippen LogP contribution >= 0.6 is 11.6 Å². The molecule has 5 heteroatoms. The number of carbonyl (C=O) groups excluding carboxylic acids is 1. The first-order valence-electron chi connectivity index (χ1n) is 6.63. The molecule has 1 amide bonds. The van der Waals surface area contributed by atoms with E-state index in [4.69, 9.17) is 17.3 Å². The molecular formula is C15H24ClN3O. The number of hydrogen-bond donors (Lipinski definition) is 2. The van der Waals surface area contributed by atoms with Gasteiger partial charge in [-0.2, -0.15) is 0 Å². The monoisotopic (exact) mass is 297 g/mol. The number of carbonyl (C=O) groups is 1. The van der Waals surface area contributed by atoms with Crippen LogP contribution in [0.3, 0.4) is 0 Å². The fraction of sp³-hybridized carbons (Fsp3) is 0.533. The minimum atomic E-state index is -0.181. The first-order chi connectivity index (χ1) is 9.11. The molecule has 0 spiro atoms. The summed E-state index contributed by atoms with van der Waals surface area (Å²) in [7, 11) is 3.84. The summed E-state index contributed by atoms with van der Waals surface area (Å²) in [5.41, 5.74) is 7.51. The van der Waals surface area contributed by atoms with Gasteiger partial charge >= 0.3 is 0 Å². The van der Waals surface area contributed by atoms with Crippen LogP contribution in [-0.2, 0) is 4.79 Å². The SMILES string of the molecule is CN(C)c1ccc(NC(=O)CC(N)C(C)(C)C)cc1Cl. The van der Waals surface area contributed by atoms with Crippen molar-refractivity contribution in [2.24, 2.45) is 11.1 Å². The van der Waals surface area contributed by atoms with E-state index < -0.39 is 0 Å². The van der Waals surface area contributed by atoms with Crippen molar-refractivity contribution in [3.8, 4) is 0 Å². The van der Waals surface area contributed by atoms with Crippen molar-refractivity contribution in [3.05, 3.63) is 23.2 Å². The Bertz CT molecular complexity index is 480. The number of nitrogens with two attached hydrogens (primary N) is 1. The van der Waals surface area contributed by atoms with Crippen molar-refractivity contribution in [1.29, 1.82) is 0 Å². The van der Waals surface area contributed by atoms with Crippen molar-refractivity contribution in [2.75, 3.05) is 24.3 Å². The highest BCUT2D eigenvalue weighted by atomic mass is 35.5. The van der Waals surface area contributed by atoms with Crippen LogP contribution in [0.5, 0.6) is 0 Å². The van der Waals surface area contributed by atoms with Gasteiger partial charge in [0.15, 0.2) is 0 Å². The number of hydrogen-bond acceptors (Lipinski definition) is 3. The van der Waals surface area contributed by atoms with E-state index in [0.29, 0.717) is 10.7 Å². The molecule has 0 bridgehead atoms. The number of amides is 1. The topological polar surface area (TPSA) is 58.4 Å². The smallest absolute Gasteiger partial charge is 0.225 e. The van der Waals surface area contributed by atoms with Crippen LogP contribution in [0, 0.1) is 5.41 Å². The highest BCUT2D eigenvalue weighted by Gasteiger charge is 2.23. The third-order valence-corrected chi connectivity index (χ3v) is 3.53. The van der Waals surface area contributed by atoms with E-state index in [0.717, 1.165) is 5.69 Å². The van der Waals surface area contributed by atoms with Gasteiger partial charge in [-0.05, 0) is 23.6 Å². The molecule has 1 atom stereocenters. The summed E-state index contributed by atoms with van der Waals surface area (Å²) >= 11 is 6.17. The van der Waals surface area contributed by atoms with E-state index >= 15 is 0 Å². The predicted molar refractivity (Wildman–Crippen MR) is 86.5 cm³/mol. The van der Waals surface area contributed by atoms with Gasteiger partial charge in [-0.1, -0.05) is 32.4 Å². The first-order valence-corrected chi connectivity index (χ1v) is 7.01. The van der Waals surface area contributed by atoms with Gasteiger partial charge in [0, 0.05) is 32.2 Å². The summed E-state index contributed by atoms with van der Waals surface area (Å²) in [4.78, 5) is 13.9. The first kappa shape index (κ1) is 16.8. The molecule has 20 heavy (non-hydrogen) atoms. The van der Waals surface area contributed by atoms with Gasteiger partial charge in [-0.3, -0.25) is 4.79 Å². The van der Waals surface area contributed by atoms with Gasteiger partial charge < -0.3 is 16.0 Å². The lowest BCUT2D eigenvalue weighted by Crippen LogP contribution is -2.38. The van der Waals surface area contributed by atoms with Crippen molar-refractivity contribution in [1.82, 2.24) is 0 Å². The van der Waals surface area contributed by atoms with E-state index in [1.54, 1.807) is 6.07 Å². The van der Waals surface area contributed by atoms with Gasteiger partial charge in [0.1, 0.15) is 0 Å². The van der Waals surface area contributed by atoms with Crippen molar-refractivity contribution < 1.29 is 4.79 Å². The molecule has 1 aromatic rings.